The molecule has 2 N–H and O–H groups in total. The number of hydrogen-bond acceptors (Lipinski definition) is 6. The molecule has 4 amide bonds. The minimum absolute atomic E-state index is 0.191. The van der Waals surface area contributed by atoms with Gasteiger partial charge >= 0.3 is 0 Å². The van der Waals surface area contributed by atoms with Gasteiger partial charge in [-0.2, -0.15) is 0 Å². The zero-order valence-electron chi connectivity index (χ0n) is 26.4. The molecule has 45 heavy (non-hydrogen) atoms. The van der Waals surface area contributed by atoms with Crippen molar-refractivity contribution < 1.29 is 23.7 Å². The predicted octanol–water partition coefficient (Wildman–Crippen LogP) is 4.22. The van der Waals surface area contributed by atoms with E-state index in [4.69, 9.17) is 4.52 Å². The standard InChI is InChI=1S/C35H43N5O5/c1-24(2)17-21-39-22-29(41)37-35(18-11-15-26-12-7-8-16-28(26)35)34(44)36-19-9-10-20-40(23-30(39)42)33(43)31-25(3)45-38-32(31)27-13-5-4-6-14-27/h4-8,12-14,16,24H,9-11,15,17-23H2,1-3H3,(H,36,44)(H,37,41). The van der Waals surface area contributed by atoms with Crippen LogP contribution in [0.25, 0.3) is 11.3 Å². The third kappa shape index (κ3) is 7.10. The van der Waals surface area contributed by atoms with Crippen molar-refractivity contribution in [3.8, 4) is 11.3 Å². The van der Waals surface area contributed by atoms with Gasteiger partial charge in [-0.15, -0.1) is 0 Å². The maximum atomic E-state index is 14.1. The van der Waals surface area contributed by atoms with E-state index in [2.05, 4.69) is 29.6 Å². The lowest BCUT2D eigenvalue weighted by atomic mass is 9.75. The smallest absolute Gasteiger partial charge is 0.260 e. The Morgan fingerprint density at radius 3 is 2.53 bits per heavy atom. The van der Waals surface area contributed by atoms with Crippen molar-refractivity contribution in [3.63, 3.8) is 0 Å². The Bertz CT molecular complexity index is 1530. The summed E-state index contributed by atoms with van der Waals surface area (Å²) in [5.41, 5.74) is 2.12. The Hall–Kier alpha value is -4.47. The summed E-state index contributed by atoms with van der Waals surface area (Å²) in [5, 5.41) is 10.3. The molecule has 1 atom stereocenters. The number of hydrogen-bond donors (Lipinski definition) is 2. The Morgan fingerprint density at radius 2 is 1.76 bits per heavy atom. The molecule has 0 radical (unpaired) electrons. The van der Waals surface area contributed by atoms with Crippen molar-refractivity contribution in [2.24, 2.45) is 5.92 Å². The van der Waals surface area contributed by atoms with Crippen molar-refractivity contribution >= 4 is 23.6 Å². The molecular formula is C35H43N5O5. The molecule has 3 aromatic rings. The van der Waals surface area contributed by atoms with Crippen LogP contribution in [0.5, 0.6) is 0 Å². The first-order valence-electron chi connectivity index (χ1n) is 16.0. The molecule has 1 fully saturated rings. The predicted molar refractivity (Wildman–Crippen MR) is 170 cm³/mol. The van der Waals surface area contributed by atoms with Crippen LogP contribution in [-0.2, 0) is 26.3 Å². The number of nitrogens with zero attached hydrogens (tertiary/aromatic N) is 3. The Labute approximate surface area is 264 Å². The van der Waals surface area contributed by atoms with Crippen LogP contribution in [0.3, 0.4) is 0 Å². The average Bonchev–Trinajstić information content (AvgIpc) is 3.42. The molecule has 5 rings (SSSR count). The number of carbonyl (C=O) groups is 4. The molecule has 0 saturated carbocycles. The van der Waals surface area contributed by atoms with Gasteiger partial charge in [-0.3, -0.25) is 19.2 Å². The molecule has 1 aromatic heterocycles. The molecule has 2 aliphatic rings. The zero-order valence-corrected chi connectivity index (χ0v) is 26.4. The molecule has 238 valence electrons. The monoisotopic (exact) mass is 613 g/mol. The zero-order chi connectivity index (χ0) is 32.0. The van der Waals surface area contributed by atoms with Crippen molar-refractivity contribution in [3.05, 3.63) is 77.0 Å². The molecule has 0 bridgehead atoms. The van der Waals surface area contributed by atoms with Crippen LogP contribution >= 0.6 is 0 Å². The van der Waals surface area contributed by atoms with Crippen LogP contribution in [0.4, 0.5) is 0 Å². The summed E-state index contributed by atoms with van der Waals surface area (Å²) in [4.78, 5) is 58.7. The lowest BCUT2D eigenvalue weighted by Crippen LogP contribution is -2.60. The van der Waals surface area contributed by atoms with Gasteiger partial charge < -0.3 is 25.0 Å². The highest BCUT2D eigenvalue weighted by atomic mass is 16.5. The van der Waals surface area contributed by atoms with Gasteiger partial charge in [0.05, 0.1) is 6.54 Å². The first-order chi connectivity index (χ1) is 21.7. The normalized spacial score (nSPS) is 20.0. The van der Waals surface area contributed by atoms with E-state index in [0.29, 0.717) is 61.7 Å². The summed E-state index contributed by atoms with van der Waals surface area (Å²) in [7, 11) is 0. The Kier molecular flexibility index (Phi) is 10.0. The second-order valence-corrected chi connectivity index (χ2v) is 12.5. The summed E-state index contributed by atoms with van der Waals surface area (Å²) in [6.07, 6.45) is 3.90. The van der Waals surface area contributed by atoms with Crippen LogP contribution < -0.4 is 10.6 Å². The fraction of sp³-hybridized carbons (Fsp3) is 0.457. The minimum atomic E-state index is -1.20. The third-order valence-electron chi connectivity index (χ3n) is 8.76. The van der Waals surface area contributed by atoms with Crippen molar-refractivity contribution in [1.29, 1.82) is 0 Å². The molecule has 1 aliphatic heterocycles. The minimum Gasteiger partial charge on any atom is -0.360 e. The number of carbonyl (C=O) groups excluding carboxylic acids is 4. The first-order valence-corrected chi connectivity index (χ1v) is 16.0. The molecule has 1 unspecified atom stereocenters. The number of benzene rings is 2. The van der Waals surface area contributed by atoms with E-state index in [0.717, 1.165) is 29.5 Å². The SMILES string of the molecule is Cc1onc(-c2ccccc2)c1C(=O)N1CCCCNC(=O)C2(CCCc3ccccc32)NC(=O)CN(CCC(C)C)C(=O)C1. The van der Waals surface area contributed by atoms with Gasteiger partial charge in [0.15, 0.2) is 0 Å². The summed E-state index contributed by atoms with van der Waals surface area (Å²) >= 11 is 0. The van der Waals surface area contributed by atoms with Crippen molar-refractivity contribution in [2.45, 2.75) is 64.8 Å². The van der Waals surface area contributed by atoms with Crippen LogP contribution in [0.1, 0.15) is 73.2 Å². The number of amides is 4. The number of aryl methyl sites for hydroxylation is 2. The maximum Gasteiger partial charge on any atom is 0.260 e. The van der Waals surface area contributed by atoms with Crippen LogP contribution in [0.2, 0.25) is 0 Å². The molecule has 1 saturated heterocycles. The van der Waals surface area contributed by atoms with E-state index < -0.39 is 11.4 Å². The largest absolute Gasteiger partial charge is 0.360 e. The number of rotatable bonds is 5. The second kappa shape index (κ2) is 14.1. The highest BCUT2D eigenvalue weighted by molar-refractivity contribution is 6.02. The van der Waals surface area contributed by atoms with Crippen LogP contribution in [0.15, 0.2) is 59.1 Å². The quantitative estimate of drug-likeness (QED) is 0.444. The van der Waals surface area contributed by atoms with Gasteiger partial charge in [0.1, 0.15) is 29.1 Å². The molecule has 2 heterocycles. The van der Waals surface area contributed by atoms with E-state index in [1.165, 1.54) is 9.80 Å². The average molecular weight is 614 g/mol. The van der Waals surface area contributed by atoms with E-state index in [-0.39, 0.29) is 37.4 Å². The molecule has 10 nitrogen and oxygen atoms in total. The molecule has 1 aliphatic carbocycles. The maximum absolute atomic E-state index is 14.1. The number of aromatic nitrogens is 1. The topological polar surface area (TPSA) is 125 Å². The number of nitrogens with one attached hydrogen (secondary N) is 2. The molecule has 2 aromatic carbocycles. The van der Waals surface area contributed by atoms with Gasteiger partial charge in [-0.25, -0.2) is 0 Å². The van der Waals surface area contributed by atoms with Crippen LogP contribution in [0, 0.1) is 12.8 Å². The van der Waals surface area contributed by atoms with E-state index in [1.54, 1.807) is 6.92 Å². The van der Waals surface area contributed by atoms with Gasteiger partial charge in [0.2, 0.25) is 17.7 Å². The van der Waals surface area contributed by atoms with Crippen molar-refractivity contribution in [2.75, 3.05) is 32.7 Å². The third-order valence-corrected chi connectivity index (χ3v) is 8.76. The highest BCUT2D eigenvalue weighted by Gasteiger charge is 2.45. The van der Waals surface area contributed by atoms with E-state index >= 15 is 0 Å². The van der Waals surface area contributed by atoms with Gasteiger partial charge in [0.25, 0.3) is 5.91 Å². The Morgan fingerprint density at radius 1 is 1.00 bits per heavy atom. The fourth-order valence-electron chi connectivity index (χ4n) is 6.28. The fourth-order valence-corrected chi connectivity index (χ4v) is 6.28. The van der Waals surface area contributed by atoms with E-state index in [1.807, 2.05) is 54.6 Å². The molecular weight excluding hydrogens is 570 g/mol. The summed E-state index contributed by atoms with van der Waals surface area (Å²) in [6, 6.07) is 17.1. The van der Waals surface area contributed by atoms with E-state index in [9.17, 15) is 19.2 Å². The van der Waals surface area contributed by atoms with Gasteiger partial charge in [0, 0.05) is 25.2 Å². The lowest BCUT2D eigenvalue weighted by Gasteiger charge is -2.39. The van der Waals surface area contributed by atoms with Crippen molar-refractivity contribution in [1.82, 2.24) is 25.6 Å². The lowest BCUT2D eigenvalue weighted by molar-refractivity contribution is -0.139. The second-order valence-electron chi connectivity index (χ2n) is 12.5. The summed E-state index contributed by atoms with van der Waals surface area (Å²) < 4.78 is 5.45. The van der Waals surface area contributed by atoms with Crippen LogP contribution in [-0.4, -0.2) is 71.3 Å². The molecule has 10 heteroatoms. The number of fused-ring (bicyclic) bond motifs is 2. The van der Waals surface area contributed by atoms with Gasteiger partial charge in [-0.1, -0.05) is 73.6 Å². The Balaban J connectivity index is 1.45. The first kappa shape index (κ1) is 31.9. The summed E-state index contributed by atoms with van der Waals surface area (Å²) in [5.74, 6) is -0.679. The highest BCUT2D eigenvalue weighted by Crippen LogP contribution is 2.36. The molecule has 1 spiro atoms. The van der Waals surface area contributed by atoms with Gasteiger partial charge in [-0.05, 0) is 62.5 Å². The summed E-state index contributed by atoms with van der Waals surface area (Å²) in [6.45, 7) is 6.41.